The summed E-state index contributed by atoms with van der Waals surface area (Å²) in [4.78, 5) is 1.33. The molecule has 0 spiro atoms. The van der Waals surface area contributed by atoms with Crippen molar-refractivity contribution < 1.29 is 13.2 Å². The van der Waals surface area contributed by atoms with E-state index < -0.39 is 10.0 Å². The zero-order chi connectivity index (χ0) is 15.5. The zero-order valence-electron chi connectivity index (χ0n) is 12.2. The average molecular weight is 397 g/mol. The second kappa shape index (κ2) is 7.52. The van der Waals surface area contributed by atoms with E-state index >= 15 is 0 Å². The summed E-state index contributed by atoms with van der Waals surface area (Å²) in [6, 6.07) is 1.73. The molecule has 2 unspecified atom stereocenters. The van der Waals surface area contributed by atoms with Crippen molar-refractivity contribution in [3.05, 3.63) is 14.7 Å². The summed E-state index contributed by atoms with van der Waals surface area (Å²) < 4.78 is 33.6. The van der Waals surface area contributed by atoms with Crippen LogP contribution in [0.1, 0.15) is 25.1 Å². The quantitative estimate of drug-likeness (QED) is 0.741. The predicted octanol–water partition coefficient (Wildman–Crippen LogP) is 2.32. The number of thiophene rings is 1. The molecule has 8 heteroatoms. The lowest BCUT2D eigenvalue weighted by Gasteiger charge is -2.14. The van der Waals surface area contributed by atoms with Gasteiger partial charge in [0.1, 0.15) is 4.90 Å². The van der Waals surface area contributed by atoms with Crippen LogP contribution >= 0.6 is 27.3 Å². The van der Waals surface area contributed by atoms with Gasteiger partial charge in [-0.25, -0.2) is 13.1 Å². The van der Waals surface area contributed by atoms with Gasteiger partial charge in [0.2, 0.25) is 10.0 Å². The van der Waals surface area contributed by atoms with Gasteiger partial charge in [-0.1, -0.05) is 6.92 Å². The Balaban J connectivity index is 2.03. The molecule has 0 bridgehead atoms. The first-order valence-electron chi connectivity index (χ1n) is 7.04. The Kier molecular flexibility index (Phi) is 6.22. The number of sulfonamides is 1. The summed E-state index contributed by atoms with van der Waals surface area (Å²) in [5.74, 6) is 0.249. The van der Waals surface area contributed by atoms with Crippen molar-refractivity contribution >= 4 is 37.3 Å². The summed E-state index contributed by atoms with van der Waals surface area (Å²) in [6.45, 7) is 6.68. The molecule has 1 aromatic rings. The molecule has 1 aliphatic heterocycles. The lowest BCUT2D eigenvalue weighted by molar-refractivity contribution is 0.107. The zero-order valence-corrected chi connectivity index (χ0v) is 15.4. The minimum atomic E-state index is -3.48. The van der Waals surface area contributed by atoms with E-state index in [1.54, 1.807) is 6.07 Å². The molecule has 2 N–H and O–H groups in total. The molecule has 0 aromatic carbocycles. The third-order valence-electron chi connectivity index (χ3n) is 3.61. The lowest BCUT2D eigenvalue weighted by atomic mass is 10.0. The predicted molar refractivity (Wildman–Crippen MR) is 88.1 cm³/mol. The van der Waals surface area contributed by atoms with Crippen LogP contribution in [0.4, 0.5) is 0 Å². The van der Waals surface area contributed by atoms with E-state index in [0.29, 0.717) is 28.4 Å². The molecular formula is C13H21BrN2O3S2. The van der Waals surface area contributed by atoms with Crippen molar-refractivity contribution in [3.63, 3.8) is 0 Å². The molecule has 120 valence electrons. The molecule has 1 aliphatic rings. The highest BCUT2D eigenvalue weighted by Gasteiger charge is 2.27. The van der Waals surface area contributed by atoms with Gasteiger partial charge in [-0.15, -0.1) is 11.3 Å². The number of ether oxygens (including phenoxy) is 1. The van der Waals surface area contributed by atoms with E-state index in [1.807, 2.05) is 13.8 Å². The first kappa shape index (κ1) is 17.4. The van der Waals surface area contributed by atoms with Crippen LogP contribution in [0.5, 0.6) is 0 Å². The molecule has 2 atom stereocenters. The molecule has 1 aromatic heterocycles. The summed E-state index contributed by atoms with van der Waals surface area (Å²) >= 11 is 4.81. The minimum absolute atomic E-state index is 0.114. The maximum atomic E-state index is 12.4. The summed E-state index contributed by atoms with van der Waals surface area (Å²) in [5, 5.41) is 3.20. The van der Waals surface area contributed by atoms with Crippen LogP contribution in [0.15, 0.2) is 14.7 Å². The summed E-state index contributed by atoms with van der Waals surface area (Å²) in [5.41, 5.74) is 0. The van der Waals surface area contributed by atoms with Gasteiger partial charge in [0.15, 0.2) is 0 Å². The standard InChI is InChI=1S/C13H21BrN2O3S2/c1-3-15-8-11-6-12(13(14)20-11)21(17,18)16-7-10-4-5-19-9(10)2/h6,9-10,15-16H,3-5,7-8H2,1-2H3. The van der Waals surface area contributed by atoms with E-state index in [9.17, 15) is 8.42 Å². The molecule has 0 aliphatic carbocycles. The summed E-state index contributed by atoms with van der Waals surface area (Å²) in [7, 11) is -3.48. The molecule has 21 heavy (non-hydrogen) atoms. The fraction of sp³-hybridized carbons (Fsp3) is 0.692. The van der Waals surface area contributed by atoms with Crippen LogP contribution in [0.2, 0.25) is 0 Å². The molecule has 1 saturated heterocycles. The van der Waals surface area contributed by atoms with Gasteiger partial charge < -0.3 is 10.1 Å². The third kappa shape index (κ3) is 4.49. The van der Waals surface area contributed by atoms with E-state index in [0.717, 1.165) is 17.8 Å². The van der Waals surface area contributed by atoms with E-state index in [4.69, 9.17) is 4.74 Å². The highest BCUT2D eigenvalue weighted by molar-refractivity contribution is 9.11. The van der Waals surface area contributed by atoms with Crippen molar-refractivity contribution in [2.24, 2.45) is 5.92 Å². The van der Waals surface area contributed by atoms with Gasteiger partial charge in [-0.05, 0) is 41.9 Å². The number of hydrogen-bond acceptors (Lipinski definition) is 5. The van der Waals surface area contributed by atoms with Crippen LogP contribution < -0.4 is 10.0 Å². The second-order valence-corrected chi connectivity index (χ2v) is 9.30. The number of halogens is 1. The van der Waals surface area contributed by atoms with Gasteiger partial charge in [0.25, 0.3) is 0 Å². The van der Waals surface area contributed by atoms with Crippen molar-refractivity contribution in [1.82, 2.24) is 10.0 Å². The number of hydrogen-bond donors (Lipinski definition) is 2. The van der Waals surface area contributed by atoms with Crippen LogP contribution in [0.3, 0.4) is 0 Å². The largest absolute Gasteiger partial charge is 0.378 e. The summed E-state index contributed by atoms with van der Waals surface area (Å²) in [6.07, 6.45) is 1.02. The fourth-order valence-electron chi connectivity index (χ4n) is 2.25. The fourth-order valence-corrected chi connectivity index (χ4v) is 6.00. The van der Waals surface area contributed by atoms with Crippen LogP contribution in [0, 0.1) is 5.92 Å². The Labute approximate surface area is 138 Å². The van der Waals surface area contributed by atoms with E-state index in [2.05, 4.69) is 26.0 Å². The topological polar surface area (TPSA) is 67.4 Å². The minimum Gasteiger partial charge on any atom is -0.378 e. The molecule has 2 rings (SSSR count). The smallest absolute Gasteiger partial charge is 0.242 e. The van der Waals surface area contributed by atoms with Gasteiger partial charge >= 0.3 is 0 Å². The average Bonchev–Trinajstić information content (AvgIpc) is 3.00. The number of rotatable bonds is 7. The molecule has 0 amide bonds. The van der Waals surface area contributed by atoms with Crippen LogP contribution in [-0.4, -0.2) is 34.2 Å². The Hall–Kier alpha value is 0.01000. The molecule has 1 fully saturated rings. The highest BCUT2D eigenvalue weighted by Crippen LogP contribution is 2.32. The first-order valence-corrected chi connectivity index (χ1v) is 10.1. The van der Waals surface area contributed by atoms with Gasteiger partial charge in [-0.2, -0.15) is 0 Å². The van der Waals surface area contributed by atoms with Crippen molar-refractivity contribution in [2.75, 3.05) is 19.7 Å². The van der Waals surface area contributed by atoms with Crippen LogP contribution in [0.25, 0.3) is 0 Å². The lowest BCUT2D eigenvalue weighted by Crippen LogP contribution is -2.32. The van der Waals surface area contributed by atoms with Gasteiger partial charge in [-0.3, -0.25) is 0 Å². The van der Waals surface area contributed by atoms with Gasteiger partial charge in [0.05, 0.1) is 9.89 Å². The highest BCUT2D eigenvalue weighted by atomic mass is 79.9. The molecular weight excluding hydrogens is 376 g/mol. The maximum absolute atomic E-state index is 12.4. The Morgan fingerprint density at radius 2 is 2.29 bits per heavy atom. The SMILES string of the molecule is CCNCc1cc(S(=O)(=O)NCC2CCOC2C)c(Br)s1. The van der Waals surface area contributed by atoms with E-state index in [-0.39, 0.29) is 12.0 Å². The van der Waals surface area contributed by atoms with Crippen molar-refractivity contribution in [2.45, 2.75) is 37.8 Å². The van der Waals surface area contributed by atoms with Crippen molar-refractivity contribution in [3.8, 4) is 0 Å². The molecule has 0 radical (unpaired) electrons. The Morgan fingerprint density at radius 1 is 1.52 bits per heavy atom. The molecule has 5 nitrogen and oxygen atoms in total. The van der Waals surface area contributed by atoms with Gasteiger partial charge in [0, 0.05) is 30.5 Å². The first-order chi connectivity index (χ1) is 9.94. The molecule has 2 heterocycles. The normalized spacial score (nSPS) is 22.8. The third-order valence-corrected chi connectivity index (χ3v) is 7.29. The monoisotopic (exact) mass is 396 g/mol. The van der Waals surface area contributed by atoms with E-state index in [1.165, 1.54) is 11.3 Å². The van der Waals surface area contributed by atoms with Crippen molar-refractivity contribution in [1.29, 1.82) is 0 Å². The molecule has 0 saturated carbocycles. The van der Waals surface area contributed by atoms with Crippen LogP contribution in [-0.2, 0) is 21.3 Å². The second-order valence-electron chi connectivity index (χ2n) is 5.11. The maximum Gasteiger partial charge on any atom is 0.242 e. The Morgan fingerprint density at radius 3 is 2.90 bits per heavy atom. The Bertz CT molecular complexity index is 574. The number of nitrogens with one attached hydrogen (secondary N) is 2.